The lowest BCUT2D eigenvalue weighted by molar-refractivity contribution is 0.0635. The van der Waals surface area contributed by atoms with E-state index in [1.54, 1.807) is 12.3 Å². The van der Waals surface area contributed by atoms with Gasteiger partial charge in [0.25, 0.3) is 0 Å². The summed E-state index contributed by atoms with van der Waals surface area (Å²) in [5.74, 6) is 1.15. The van der Waals surface area contributed by atoms with E-state index in [9.17, 15) is 4.79 Å². The van der Waals surface area contributed by atoms with Crippen LogP contribution in [0.25, 0.3) is 11.4 Å². The summed E-state index contributed by atoms with van der Waals surface area (Å²) < 4.78 is 10.7. The summed E-state index contributed by atoms with van der Waals surface area (Å²) in [5, 5.41) is 2.63. The van der Waals surface area contributed by atoms with Gasteiger partial charge >= 0.3 is 6.09 Å². The number of rotatable bonds is 2. The number of imidazole rings is 1. The number of H-pyrrole nitrogens is 1. The van der Waals surface area contributed by atoms with Gasteiger partial charge in [-0.15, -0.1) is 0 Å². The molecule has 0 fully saturated rings. The van der Waals surface area contributed by atoms with Crippen LogP contribution >= 0.6 is 0 Å². The molecule has 2 N–H and O–H groups in total. The van der Waals surface area contributed by atoms with Crippen LogP contribution in [0.5, 0.6) is 0 Å². The first-order valence-electron chi connectivity index (χ1n) is 7.48. The van der Waals surface area contributed by atoms with Crippen molar-refractivity contribution in [3.63, 3.8) is 0 Å². The fourth-order valence-electron chi connectivity index (χ4n) is 2.35. The molecule has 3 rings (SSSR count). The summed E-state index contributed by atoms with van der Waals surface area (Å²) in [7, 11) is 0. The summed E-state index contributed by atoms with van der Waals surface area (Å²) in [5.41, 5.74) is 2.21. The van der Waals surface area contributed by atoms with Crippen molar-refractivity contribution in [3.05, 3.63) is 29.7 Å². The van der Waals surface area contributed by atoms with Gasteiger partial charge in [0.15, 0.2) is 0 Å². The van der Waals surface area contributed by atoms with E-state index < -0.39 is 11.7 Å². The Kier molecular flexibility index (Phi) is 3.81. The normalized spacial score (nSPS) is 17.0. The van der Waals surface area contributed by atoms with Gasteiger partial charge in [0.2, 0.25) is 0 Å². The van der Waals surface area contributed by atoms with Crippen LogP contribution in [0.4, 0.5) is 10.6 Å². The van der Waals surface area contributed by atoms with E-state index in [0.717, 1.165) is 22.8 Å². The highest BCUT2D eigenvalue weighted by molar-refractivity contribution is 5.84. The molecule has 7 nitrogen and oxygen atoms in total. The molecule has 3 heterocycles. The van der Waals surface area contributed by atoms with E-state index in [0.29, 0.717) is 12.4 Å². The molecule has 1 unspecified atom stereocenters. The van der Waals surface area contributed by atoms with Crippen LogP contribution in [0.2, 0.25) is 0 Å². The van der Waals surface area contributed by atoms with Crippen molar-refractivity contribution < 1.29 is 14.3 Å². The molecule has 1 aliphatic heterocycles. The second-order valence-electron chi connectivity index (χ2n) is 6.46. The van der Waals surface area contributed by atoms with Crippen LogP contribution in [0.1, 0.15) is 45.2 Å². The summed E-state index contributed by atoms with van der Waals surface area (Å²) in [6.07, 6.45) is 1.08. The SMILES string of the molecule is CC1OCc2[nH]c(-c3ccnc(NC(=O)OC(C)(C)C)c3)nc21. The molecule has 0 saturated heterocycles. The molecule has 122 valence electrons. The highest BCUT2D eigenvalue weighted by atomic mass is 16.6. The molecule has 0 radical (unpaired) electrons. The monoisotopic (exact) mass is 316 g/mol. The Balaban J connectivity index is 1.78. The molecule has 2 aromatic rings. The van der Waals surface area contributed by atoms with Crippen molar-refractivity contribution in [1.29, 1.82) is 0 Å². The second-order valence-corrected chi connectivity index (χ2v) is 6.46. The van der Waals surface area contributed by atoms with Gasteiger partial charge in [-0.2, -0.15) is 0 Å². The van der Waals surface area contributed by atoms with Crippen LogP contribution in [0.15, 0.2) is 18.3 Å². The highest BCUT2D eigenvalue weighted by Gasteiger charge is 2.24. The van der Waals surface area contributed by atoms with Crippen molar-refractivity contribution >= 4 is 11.9 Å². The van der Waals surface area contributed by atoms with E-state index in [2.05, 4.69) is 20.3 Å². The Bertz CT molecular complexity index is 733. The topological polar surface area (TPSA) is 89.1 Å². The number of nitrogens with zero attached hydrogens (tertiary/aromatic N) is 2. The molecule has 7 heteroatoms. The van der Waals surface area contributed by atoms with Gasteiger partial charge in [-0.05, 0) is 39.8 Å². The summed E-state index contributed by atoms with van der Waals surface area (Å²) in [6.45, 7) is 7.94. The number of aromatic nitrogens is 3. The zero-order valence-corrected chi connectivity index (χ0v) is 13.6. The van der Waals surface area contributed by atoms with Gasteiger partial charge in [0.05, 0.1) is 24.1 Å². The van der Waals surface area contributed by atoms with Crippen molar-refractivity contribution in [3.8, 4) is 11.4 Å². The van der Waals surface area contributed by atoms with E-state index >= 15 is 0 Å². The number of amides is 1. The lowest BCUT2D eigenvalue weighted by Gasteiger charge is -2.19. The maximum Gasteiger partial charge on any atom is 0.413 e. The van der Waals surface area contributed by atoms with Crippen molar-refractivity contribution in [2.75, 3.05) is 5.32 Å². The Morgan fingerprint density at radius 1 is 1.48 bits per heavy atom. The van der Waals surface area contributed by atoms with Crippen molar-refractivity contribution in [1.82, 2.24) is 15.0 Å². The van der Waals surface area contributed by atoms with E-state index in [4.69, 9.17) is 9.47 Å². The largest absolute Gasteiger partial charge is 0.444 e. The first kappa shape index (κ1) is 15.5. The predicted molar refractivity (Wildman–Crippen MR) is 84.9 cm³/mol. The number of carbonyl (C=O) groups excluding carboxylic acids is 1. The van der Waals surface area contributed by atoms with Gasteiger partial charge in [-0.25, -0.2) is 14.8 Å². The van der Waals surface area contributed by atoms with Crippen molar-refractivity contribution in [2.45, 2.75) is 46.0 Å². The quantitative estimate of drug-likeness (QED) is 0.886. The van der Waals surface area contributed by atoms with Gasteiger partial charge < -0.3 is 14.5 Å². The third-order valence-electron chi connectivity index (χ3n) is 3.34. The number of anilines is 1. The van der Waals surface area contributed by atoms with E-state index in [1.807, 2.05) is 33.8 Å². The Hall–Kier alpha value is -2.41. The van der Waals surface area contributed by atoms with Crippen LogP contribution in [0, 0.1) is 0 Å². The maximum absolute atomic E-state index is 11.8. The molecule has 1 amide bonds. The average molecular weight is 316 g/mol. The van der Waals surface area contributed by atoms with Gasteiger partial charge in [-0.3, -0.25) is 5.32 Å². The minimum atomic E-state index is -0.556. The molecule has 1 atom stereocenters. The molecule has 23 heavy (non-hydrogen) atoms. The molecule has 0 aromatic carbocycles. The first-order chi connectivity index (χ1) is 10.8. The predicted octanol–water partition coefficient (Wildman–Crippen LogP) is 3.41. The third kappa shape index (κ3) is 3.50. The lowest BCUT2D eigenvalue weighted by Crippen LogP contribution is -2.27. The standard InChI is InChI=1S/C16H20N4O3/c1-9-13-11(8-22-9)18-14(20-13)10-5-6-17-12(7-10)19-15(21)23-16(2,3)4/h5-7,9H,8H2,1-4H3,(H,18,20)(H,17,19,21). The number of hydrogen-bond acceptors (Lipinski definition) is 5. The third-order valence-corrected chi connectivity index (χ3v) is 3.34. The maximum atomic E-state index is 11.8. The summed E-state index contributed by atoms with van der Waals surface area (Å²) >= 11 is 0. The van der Waals surface area contributed by atoms with E-state index in [-0.39, 0.29) is 6.10 Å². The fourth-order valence-corrected chi connectivity index (χ4v) is 2.35. The number of ether oxygens (including phenoxy) is 2. The molecule has 2 aromatic heterocycles. The highest BCUT2D eigenvalue weighted by Crippen LogP contribution is 2.31. The molecule has 0 bridgehead atoms. The van der Waals surface area contributed by atoms with Crippen molar-refractivity contribution in [2.24, 2.45) is 0 Å². The molecule has 0 saturated carbocycles. The Morgan fingerprint density at radius 3 is 2.96 bits per heavy atom. The van der Waals surface area contributed by atoms with Crippen LogP contribution in [0.3, 0.4) is 0 Å². The number of aromatic amines is 1. The minimum absolute atomic E-state index is 0.00352. The minimum Gasteiger partial charge on any atom is -0.444 e. The zero-order valence-electron chi connectivity index (χ0n) is 13.6. The summed E-state index contributed by atoms with van der Waals surface area (Å²) in [4.78, 5) is 23.8. The van der Waals surface area contributed by atoms with Gasteiger partial charge in [0, 0.05) is 11.8 Å². The van der Waals surface area contributed by atoms with E-state index in [1.165, 1.54) is 0 Å². The fraction of sp³-hybridized carbons (Fsp3) is 0.438. The van der Waals surface area contributed by atoms with Crippen LogP contribution in [-0.4, -0.2) is 26.6 Å². The molecule has 0 spiro atoms. The van der Waals surface area contributed by atoms with Gasteiger partial charge in [-0.1, -0.05) is 0 Å². The second kappa shape index (κ2) is 5.66. The molecule has 0 aliphatic carbocycles. The van der Waals surface area contributed by atoms with Crippen LogP contribution in [-0.2, 0) is 16.1 Å². The van der Waals surface area contributed by atoms with Gasteiger partial charge in [0.1, 0.15) is 17.2 Å². The number of nitrogens with one attached hydrogen (secondary N) is 2. The average Bonchev–Trinajstić information content (AvgIpc) is 2.99. The zero-order chi connectivity index (χ0) is 16.6. The molecular weight excluding hydrogens is 296 g/mol. The van der Waals surface area contributed by atoms with Crippen LogP contribution < -0.4 is 5.32 Å². The number of carbonyl (C=O) groups is 1. The first-order valence-corrected chi connectivity index (χ1v) is 7.48. The molecular formula is C16H20N4O3. The summed E-state index contributed by atoms with van der Waals surface area (Å²) in [6, 6.07) is 3.59. The Morgan fingerprint density at radius 2 is 2.26 bits per heavy atom. The molecule has 1 aliphatic rings. The lowest BCUT2D eigenvalue weighted by atomic mass is 10.2. The number of pyridine rings is 1. The number of fused-ring (bicyclic) bond motifs is 1. The smallest absolute Gasteiger partial charge is 0.413 e. The Labute approximate surface area is 134 Å². The number of hydrogen-bond donors (Lipinski definition) is 2.